The lowest BCUT2D eigenvalue weighted by molar-refractivity contribution is -0.131. The largest absolute Gasteiger partial charge is 0.394 e. The lowest BCUT2D eigenvalue weighted by Crippen LogP contribution is -2.46. The average Bonchev–Trinajstić information content (AvgIpc) is 2.16. The molecule has 0 aliphatic rings. The van der Waals surface area contributed by atoms with Gasteiger partial charge in [0.2, 0.25) is 0 Å². The summed E-state index contributed by atoms with van der Waals surface area (Å²) in [6, 6.07) is -0.211. The van der Waals surface area contributed by atoms with Crippen LogP contribution in [0.25, 0.3) is 0 Å². The maximum Gasteiger partial charge on any atom is 0.250 e. The van der Waals surface area contributed by atoms with Crippen molar-refractivity contribution in [3.05, 3.63) is 0 Å². The van der Waals surface area contributed by atoms with Crippen molar-refractivity contribution in [2.75, 3.05) is 20.3 Å². The summed E-state index contributed by atoms with van der Waals surface area (Å²) < 4.78 is 4.83. The number of rotatable bonds is 6. The molecular weight excluding hydrogens is 172 g/mol. The van der Waals surface area contributed by atoms with E-state index < -0.39 is 6.10 Å². The van der Waals surface area contributed by atoms with Crippen LogP contribution in [0.2, 0.25) is 0 Å². The number of methoxy groups -OCH3 is 1. The monoisotopic (exact) mass is 190 g/mol. The van der Waals surface area contributed by atoms with E-state index in [1.165, 1.54) is 7.11 Å². The van der Waals surface area contributed by atoms with Gasteiger partial charge in [-0.3, -0.25) is 4.79 Å². The van der Waals surface area contributed by atoms with Gasteiger partial charge in [-0.25, -0.2) is 0 Å². The Bertz CT molecular complexity index is 144. The third kappa shape index (κ3) is 4.21. The molecule has 0 aromatic carbocycles. The van der Waals surface area contributed by atoms with Crippen LogP contribution in [-0.2, 0) is 9.53 Å². The highest BCUT2D eigenvalue weighted by molar-refractivity contribution is 5.81. The van der Waals surface area contributed by atoms with Crippen LogP contribution >= 0.6 is 0 Å². The van der Waals surface area contributed by atoms with E-state index in [0.717, 1.165) is 0 Å². The summed E-state index contributed by atoms with van der Waals surface area (Å²) in [5.74, 6) is -0.272. The summed E-state index contributed by atoms with van der Waals surface area (Å²) in [5.41, 5.74) is 5.29. The Kier molecular flexibility index (Phi) is 6.48. The van der Waals surface area contributed by atoms with Crippen LogP contribution in [0.1, 0.15) is 13.3 Å². The Hall–Kier alpha value is -0.650. The molecule has 5 heteroatoms. The first kappa shape index (κ1) is 12.3. The zero-order valence-corrected chi connectivity index (χ0v) is 8.12. The number of aliphatic hydroxyl groups excluding tert-OH is 1. The van der Waals surface area contributed by atoms with E-state index >= 15 is 0 Å². The van der Waals surface area contributed by atoms with E-state index in [-0.39, 0.29) is 25.1 Å². The molecule has 0 heterocycles. The highest BCUT2D eigenvalue weighted by Crippen LogP contribution is 1.92. The fourth-order valence-corrected chi connectivity index (χ4v) is 0.881. The predicted molar refractivity (Wildman–Crippen MR) is 49.2 cm³/mol. The lowest BCUT2D eigenvalue weighted by atomic mass is 10.2. The molecule has 0 rings (SSSR count). The zero-order chi connectivity index (χ0) is 10.3. The van der Waals surface area contributed by atoms with Crippen LogP contribution in [0, 0.1) is 0 Å². The number of nitrogens with two attached hydrogens (primary N) is 1. The van der Waals surface area contributed by atoms with Gasteiger partial charge >= 0.3 is 0 Å². The second-order valence-electron chi connectivity index (χ2n) is 2.76. The second kappa shape index (κ2) is 6.82. The summed E-state index contributed by atoms with van der Waals surface area (Å²) in [5, 5.41) is 11.4. The number of hydrogen-bond acceptors (Lipinski definition) is 4. The van der Waals surface area contributed by atoms with E-state index in [9.17, 15) is 4.79 Å². The van der Waals surface area contributed by atoms with Crippen molar-refractivity contribution >= 4 is 5.91 Å². The molecule has 1 amide bonds. The van der Waals surface area contributed by atoms with Crippen molar-refractivity contribution < 1.29 is 14.6 Å². The molecule has 0 radical (unpaired) electrons. The summed E-state index contributed by atoms with van der Waals surface area (Å²) in [6.07, 6.45) is 0.0593. The van der Waals surface area contributed by atoms with E-state index in [0.29, 0.717) is 6.42 Å². The molecule has 78 valence electrons. The van der Waals surface area contributed by atoms with Crippen LogP contribution in [0.15, 0.2) is 0 Å². The van der Waals surface area contributed by atoms with Crippen LogP contribution < -0.4 is 11.1 Å². The molecular formula is C8H18N2O3. The van der Waals surface area contributed by atoms with Gasteiger partial charge in [-0.2, -0.15) is 0 Å². The number of aliphatic hydroxyl groups is 1. The van der Waals surface area contributed by atoms with Crippen molar-refractivity contribution in [1.29, 1.82) is 0 Å². The number of nitrogens with one attached hydrogen (secondary N) is 1. The summed E-state index contributed by atoms with van der Waals surface area (Å²) in [7, 11) is 1.43. The van der Waals surface area contributed by atoms with Gasteiger partial charge in [0.1, 0.15) is 6.10 Å². The van der Waals surface area contributed by atoms with Gasteiger partial charge in [0.15, 0.2) is 0 Å². The first-order valence-corrected chi connectivity index (χ1v) is 4.33. The third-order valence-electron chi connectivity index (χ3n) is 1.85. The van der Waals surface area contributed by atoms with E-state index in [2.05, 4.69) is 5.32 Å². The molecule has 4 N–H and O–H groups in total. The minimum absolute atomic E-state index is 0.0662. The lowest BCUT2D eigenvalue weighted by Gasteiger charge is -2.18. The van der Waals surface area contributed by atoms with Gasteiger partial charge in [0, 0.05) is 13.7 Å². The van der Waals surface area contributed by atoms with Gasteiger partial charge in [-0.1, -0.05) is 6.92 Å². The highest BCUT2D eigenvalue weighted by Gasteiger charge is 2.18. The standard InChI is InChI=1S/C8H18N2O3/c1-3-6(5-11)10-8(12)7(4-9)13-2/h6-7,11H,3-5,9H2,1-2H3,(H,10,12)/t6-,7?/m0/s1. The zero-order valence-electron chi connectivity index (χ0n) is 8.12. The molecule has 1 unspecified atom stereocenters. The third-order valence-corrected chi connectivity index (χ3v) is 1.85. The number of carbonyl (C=O) groups excluding carboxylic acids is 1. The Morgan fingerprint density at radius 1 is 1.69 bits per heavy atom. The minimum atomic E-state index is -0.624. The first-order valence-electron chi connectivity index (χ1n) is 4.33. The number of hydrogen-bond donors (Lipinski definition) is 3. The quantitative estimate of drug-likeness (QED) is 0.493. The SMILES string of the molecule is CC[C@@H](CO)NC(=O)C(CN)OC. The molecule has 2 atom stereocenters. The Balaban J connectivity index is 3.95. The Morgan fingerprint density at radius 2 is 2.31 bits per heavy atom. The summed E-state index contributed by atoms with van der Waals surface area (Å²) in [6.45, 7) is 1.96. The molecule has 13 heavy (non-hydrogen) atoms. The van der Waals surface area contributed by atoms with Crippen LogP contribution in [0.3, 0.4) is 0 Å². The molecule has 0 fully saturated rings. The van der Waals surface area contributed by atoms with Crippen LogP contribution in [-0.4, -0.2) is 43.4 Å². The van der Waals surface area contributed by atoms with Crippen LogP contribution in [0.5, 0.6) is 0 Å². The van der Waals surface area contributed by atoms with Crippen LogP contribution in [0.4, 0.5) is 0 Å². The van der Waals surface area contributed by atoms with Crippen molar-refractivity contribution in [2.24, 2.45) is 5.73 Å². The van der Waals surface area contributed by atoms with Crippen molar-refractivity contribution in [2.45, 2.75) is 25.5 Å². The fraction of sp³-hybridized carbons (Fsp3) is 0.875. The van der Waals surface area contributed by atoms with Gasteiger partial charge in [0.05, 0.1) is 12.6 Å². The topological polar surface area (TPSA) is 84.6 Å². The van der Waals surface area contributed by atoms with Crippen molar-refractivity contribution in [3.63, 3.8) is 0 Å². The number of carbonyl (C=O) groups is 1. The van der Waals surface area contributed by atoms with E-state index in [1.807, 2.05) is 6.92 Å². The smallest absolute Gasteiger partial charge is 0.250 e. The molecule has 0 aromatic rings. The molecule has 0 bridgehead atoms. The normalized spacial score (nSPS) is 15.1. The summed E-state index contributed by atoms with van der Waals surface area (Å²) >= 11 is 0. The van der Waals surface area contributed by atoms with Crippen molar-refractivity contribution in [3.8, 4) is 0 Å². The van der Waals surface area contributed by atoms with Crippen molar-refractivity contribution in [1.82, 2.24) is 5.32 Å². The molecule has 5 nitrogen and oxygen atoms in total. The predicted octanol–water partition coefficient (Wildman–Crippen LogP) is -1.15. The first-order chi connectivity index (χ1) is 6.19. The fourth-order valence-electron chi connectivity index (χ4n) is 0.881. The molecule has 0 aliphatic carbocycles. The number of amides is 1. The minimum Gasteiger partial charge on any atom is -0.394 e. The Labute approximate surface area is 78.3 Å². The molecule has 0 aromatic heterocycles. The van der Waals surface area contributed by atoms with E-state index in [1.54, 1.807) is 0 Å². The van der Waals surface area contributed by atoms with Gasteiger partial charge in [-0.15, -0.1) is 0 Å². The Morgan fingerprint density at radius 3 is 2.62 bits per heavy atom. The molecule has 0 aliphatic heterocycles. The highest BCUT2D eigenvalue weighted by atomic mass is 16.5. The molecule has 0 spiro atoms. The number of ether oxygens (including phenoxy) is 1. The van der Waals surface area contributed by atoms with Gasteiger partial charge in [-0.05, 0) is 6.42 Å². The summed E-state index contributed by atoms with van der Waals surface area (Å²) in [4.78, 5) is 11.3. The maximum absolute atomic E-state index is 11.3. The van der Waals surface area contributed by atoms with Gasteiger partial charge < -0.3 is 20.9 Å². The molecule has 0 saturated heterocycles. The average molecular weight is 190 g/mol. The maximum atomic E-state index is 11.3. The second-order valence-corrected chi connectivity index (χ2v) is 2.76. The van der Waals surface area contributed by atoms with E-state index in [4.69, 9.17) is 15.6 Å². The molecule has 0 saturated carbocycles. The van der Waals surface area contributed by atoms with Gasteiger partial charge in [0.25, 0.3) is 5.91 Å².